The first-order valence-electron chi connectivity index (χ1n) is 6.20. The van der Waals surface area contributed by atoms with Gasteiger partial charge < -0.3 is 15.8 Å². The molecule has 0 bridgehead atoms. The number of nitrogens with zero attached hydrogens (tertiary/aromatic N) is 1. The van der Waals surface area contributed by atoms with Crippen LogP contribution in [0.5, 0.6) is 0 Å². The number of rotatable bonds is 9. The third kappa shape index (κ3) is 7.58. The van der Waals surface area contributed by atoms with Crippen molar-refractivity contribution in [2.45, 2.75) is 26.8 Å². The van der Waals surface area contributed by atoms with E-state index in [1.165, 1.54) is 0 Å². The van der Waals surface area contributed by atoms with Gasteiger partial charge in [-0.05, 0) is 13.5 Å². The normalized spacial score (nSPS) is 14.3. The fourth-order valence-corrected chi connectivity index (χ4v) is 1.67. The molecule has 0 rings (SSSR count). The maximum Gasteiger partial charge on any atom is 0.234 e. The summed E-state index contributed by atoms with van der Waals surface area (Å²) in [7, 11) is 1.62. The van der Waals surface area contributed by atoms with Crippen LogP contribution in [0.15, 0.2) is 0 Å². The van der Waals surface area contributed by atoms with Crippen LogP contribution in [0.4, 0.5) is 0 Å². The molecule has 0 saturated carbocycles. The molecule has 0 fully saturated rings. The predicted octanol–water partition coefficient (Wildman–Crippen LogP) is 0.382. The van der Waals surface area contributed by atoms with Crippen LogP contribution in [0, 0.1) is 5.92 Å². The Morgan fingerprint density at radius 2 is 2.11 bits per heavy atom. The van der Waals surface area contributed by atoms with E-state index < -0.39 is 0 Å². The molecule has 0 radical (unpaired) electrons. The first-order valence-corrected chi connectivity index (χ1v) is 6.61. The molecule has 6 heteroatoms. The highest BCUT2D eigenvalue weighted by Gasteiger charge is 2.15. The van der Waals surface area contributed by atoms with Crippen LogP contribution in [0.3, 0.4) is 0 Å². The molecule has 0 aromatic rings. The molecule has 0 aliphatic heterocycles. The third-order valence-corrected chi connectivity index (χ3v) is 3.06. The van der Waals surface area contributed by atoms with Crippen LogP contribution in [0.25, 0.3) is 0 Å². The van der Waals surface area contributed by atoms with Crippen molar-refractivity contribution < 1.29 is 9.53 Å². The average molecular weight is 275 g/mol. The van der Waals surface area contributed by atoms with Crippen molar-refractivity contribution in [3.63, 3.8) is 0 Å². The van der Waals surface area contributed by atoms with Gasteiger partial charge in [-0.1, -0.05) is 26.1 Å². The third-order valence-electron chi connectivity index (χ3n) is 2.66. The van der Waals surface area contributed by atoms with Crippen molar-refractivity contribution in [2.24, 2.45) is 11.7 Å². The number of carbonyl (C=O) groups excluding carboxylic acids is 1. The number of methoxy groups -OCH3 is 1. The highest BCUT2D eigenvalue weighted by molar-refractivity contribution is 7.80. The quantitative estimate of drug-likeness (QED) is 0.596. The van der Waals surface area contributed by atoms with Crippen LogP contribution in [-0.2, 0) is 9.53 Å². The topological polar surface area (TPSA) is 67.6 Å². The number of likely N-dealkylation sites (N-methyl/N-ethyl adjacent to an activating group) is 1. The van der Waals surface area contributed by atoms with Gasteiger partial charge >= 0.3 is 0 Å². The molecule has 0 aromatic carbocycles. The van der Waals surface area contributed by atoms with E-state index in [-0.39, 0.29) is 17.9 Å². The van der Waals surface area contributed by atoms with Gasteiger partial charge in [0.05, 0.1) is 18.1 Å². The second-order valence-electron chi connectivity index (χ2n) is 4.56. The van der Waals surface area contributed by atoms with Gasteiger partial charge in [0.1, 0.15) is 0 Å². The number of amides is 1. The van der Waals surface area contributed by atoms with Crippen molar-refractivity contribution in [2.75, 3.05) is 33.4 Å². The minimum atomic E-state index is -0.00320. The summed E-state index contributed by atoms with van der Waals surface area (Å²) in [6, 6.07) is 0.0224. The zero-order valence-electron chi connectivity index (χ0n) is 11.7. The van der Waals surface area contributed by atoms with Crippen molar-refractivity contribution in [3.8, 4) is 0 Å². The molecule has 5 nitrogen and oxygen atoms in total. The smallest absolute Gasteiger partial charge is 0.234 e. The molecule has 0 heterocycles. The van der Waals surface area contributed by atoms with E-state index in [4.69, 9.17) is 22.7 Å². The lowest BCUT2D eigenvalue weighted by Gasteiger charge is -2.24. The Hall–Kier alpha value is -0.720. The zero-order valence-corrected chi connectivity index (χ0v) is 12.5. The van der Waals surface area contributed by atoms with E-state index in [9.17, 15) is 4.79 Å². The standard InChI is InChI=1S/C12H25N3O2S/c1-5-15(6-9(2)12(13)18)7-11(16)14-10(3)8-17-4/h9-10H,5-8H2,1-4H3,(H2,13,18)(H,14,16). The summed E-state index contributed by atoms with van der Waals surface area (Å²) in [4.78, 5) is 14.3. The highest BCUT2D eigenvalue weighted by Crippen LogP contribution is 2.00. The largest absolute Gasteiger partial charge is 0.393 e. The number of ether oxygens (including phenoxy) is 1. The van der Waals surface area contributed by atoms with Gasteiger partial charge in [0.2, 0.25) is 5.91 Å². The summed E-state index contributed by atoms with van der Waals surface area (Å²) in [5.41, 5.74) is 5.58. The molecule has 3 N–H and O–H groups in total. The van der Waals surface area contributed by atoms with E-state index in [1.807, 2.05) is 25.7 Å². The number of hydrogen-bond acceptors (Lipinski definition) is 4. The maximum atomic E-state index is 11.8. The Morgan fingerprint density at radius 1 is 1.50 bits per heavy atom. The van der Waals surface area contributed by atoms with E-state index in [2.05, 4.69) is 5.32 Å². The van der Waals surface area contributed by atoms with Crippen LogP contribution in [0.2, 0.25) is 0 Å². The SMILES string of the molecule is CCN(CC(=O)NC(C)COC)CC(C)C(N)=S. The lowest BCUT2D eigenvalue weighted by atomic mass is 10.1. The lowest BCUT2D eigenvalue weighted by Crippen LogP contribution is -2.44. The van der Waals surface area contributed by atoms with E-state index in [0.29, 0.717) is 24.7 Å². The molecule has 106 valence electrons. The minimum absolute atomic E-state index is 0.00320. The molecular formula is C12H25N3O2S. The van der Waals surface area contributed by atoms with Crippen molar-refractivity contribution in [3.05, 3.63) is 0 Å². The average Bonchev–Trinajstić information content (AvgIpc) is 2.27. The summed E-state index contributed by atoms with van der Waals surface area (Å²) in [5, 5.41) is 2.88. The second-order valence-corrected chi connectivity index (χ2v) is 5.03. The minimum Gasteiger partial charge on any atom is -0.393 e. The molecule has 2 atom stereocenters. The Balaban J connectivity index is 4.11. The molecule has 0 saturated heterocycles. The van der Waals surface area contributed by atoms with Crippen molar-refractivity contribution in [1.82, 2.24) is 10.2 Å². The monoisotopic (exact) mass is 275 g/mol. The van der Waals surface area contributed by atoms with E-state index >= 15 is 0 Å². The Bertz CT molecular complexity index is 274. The lowest BCUT2D eigenvalue weighted by molar-refractivity contribution is -0.123. The summed E-state index contributed by atoms with van der Waals surface area (Å²) < 4.78 is 4.97. The van der Waals surface area contributed by atoms with Crippen LogP contribution < -0.4 is 11.1 Å². The fraction of sp³-hybridized carbons (Fsp3) is 0.833. The Labute approximate surface area is 115 Å². The Morgan fingerprint density at radius 3 is 2.56 bits per heavy atom. The summed E-state index contributed by atoms with van der Waals surface area (Å²) >= 11 is 4.94. The van der Waals surface area contributed by atoms with Crippen LogP contribution in [-0.4, -0.2) is 55.2 Å². The maximum absolute atomic E-state index is 11.8. The molecule has 0 aliphatic carbocycles. The van der Waals surface area contributed by atoms with Gasteiger partial charge in [-0.25, -0.2) is 0 Å². The number of hydrogen-bond donors (Lipinski definition) is 2. The number of nitrogens with two attached hydrogens (primary N) is 1. The van der Waals surface area contributed by atoms with E-state index in [1.54, 1.807) is 7.11 Å². The number of nitrogens with one attached hydrogen (secondary N) is 1. The van der Waals surface area contributed by atoms with Gasteiger partial charge in [-0.15, -0.1) is 0 Å². The van der Waals surface area contributed by atoms with Gasteiger partial charge in [0.25, 0.3) is 0 Å². The molecule has 1 amide bonds. The van der Waals surface area contributed by atoms with Crippen LogP contribution >= 0.6 is 12.2 Å². The summed E-state index contributed by atoms with van der Waals surface area (Å²) in [5.74, 6) is 0.112. The number of carbonyl (C=O) groups is 1. The van der Waals surface area contributed by atoms with Gasteiger partial charge in [0.15, 0.2) is 0 Å². The molecule has 2 unspecified atom stereocenters. The van der Waals surface area contributed by atoms with Gasteiger partial charge in [0, 0.05) is 25.6 Å². The van der Waals surface area contributed by atoms with Crippen molar-refractivity contribution >= 4 is 23.1 Å². The first kappa shape index (κ1) is 17.3. The second kappa shape index (κ2) is 9.24. The van der Waals surface area contributed by atoms with Crippen molar-refractivity contribution in [1.29, 1.82) is 0 Å². The van der Waals surface area contributed by atoms with Gasteiger partial charge in [-0.2, -0.15) is 0 Å². The Kier molecular flexibility index (Phi) is 8.87. The fourth-order valence-electron chi connectivity index (χ4n) is 1.60. The number of thiocarbonyl (C=S) groups is 1. The zero-order chi connectivity index (χ0) is 14.1. The predicted molar refractivity (Wildman–Crippen MR) is 77.5 cm³/mol. The molecule has 0 spiro atoms. The van der Waals surface area contributed by atoms with E-state index in [0.717, 1.165) is 6.54 Å². The molecule has 18 heavy (non-hydrogen) atoms. The molecule has 0 aliphatic rings. The first-order chi connectivity index (χ1) is 8.40. The molecule has 0 aromatic heterocycles. The van der Waals surface area contributed by atoms with Crippen LogP contribution in [0.1, 0.15) is 20.8 Å². The summed E-state index contributed by atoms with van der Waals surface area (Å²) in [6.07, 6.45) is 0. The summed E-state index contributed by atoms with van der Waals surface area (Å²) in [6.45, 7) is 8.26. The van der Waals surface area contributed by atoms with Gasteiger partial charge in [-0.3, -0.25) is 9.69 Å². The molecular weight excluding hydrogens is 250 g/mol. The highest BCUT2D eigenvalue weighted by atomic mass is 32.1.